The van der Waals surface area contributed by atoms with Crippen molar-refractivity contribution >= 4 is 16.6 Å². The van der Waals surface area contributed by atoms with Crippen LogP contribution in [0.25, 0.3) is 10.9 Å². The molecule has 0 saturated carbocycles. The average Bonchev–Trinajstić information content (AvgIpc) is 3.45. The molecule has 10 nitrogen and oxygen atoms in total. The SMILES string of the molecule is CCOc1ccc2[nH]c(=O)c([C@@H](c3nnnn3C(C)(C)CC)N3CCN(c4ccccc4OC)CC3)cc2c1. The van der Waals surface area contributed by atoms with E-state index in [1.54, 1.807) is 7.11 Å². The summed E-state index contributed by atoms with van der Waals surface area (Å²) in [5, 5.41) is 13.9. The van der Waals surface area contributed by atoms with E-state index in [-0.39, 0.29) is 11.1 Å². The lowest BCUT2D eigenvalue weighted by Gasteiger charge is -2.40. The number of H-pyrrole nitrogens is 1. The Morgan fingerprint density at radius 3 is 2.54 bits per heavy atom. The summed E-state index contributed by atoms with van der Waals surface area (Å²) in [5.41, 5.74) is 1.99. The summed E-state index contributed by atoms with van der Waals surface area (Å²) in [6.45, 7) is 11.9. The quantitative estimate of drug-likeness (QED) is 0.346. The largest absolute Gasteiger partial charge is 0.495 e. The van der Waals surface area contributed by atoms with Gasteiger partial charge in [0.1, 0.15) is 17.5 Å². The number of para-hydroxylation sites is 2. The number of tetrazole rings is 1. The van der Waals surface area contributed by atoms with Crippen molar-refractivity contribution in [3.63, 3.8) is 0 Å². The zero-order valence-corrected chi connectivity index (χ0v) is 23.3. The highest BCUT2D eigenvalue weighted by Gasteiger charge is 2.36. The highest BCUT2D eigenvalue weighted by atomic mass is 16.5. The molecular formula is C29H37N7O3. The number of hydrogen-bond donors (Lipinski definition) is 1. The first kappa shape index (κ1) is 26.7. The molecule has 0 unspecified atom stereocenters. The molecule has 1 aliphatic heterocycles. The van der Waals surface area contributed by atoms with Crippen molar-refractivity contribution in [2.24, 2.45) is 0 Å². The van der Waals surface area contributed by atoms with Crippen LogP contribution in [0.1, 0.15) is 51.5 Å². The molecule has 206 valence electrons. The Hall–Kier alpha value is -3.92. The molecular weight excluding hydrogens is 494 g/mol. The van der Waals surface area contributed by atoms with E-state index < -0.39 is 6.04 Å². The lowest BCUT2D eigenvalue weighted by molar-refractivity contribution is 0.186. The lowest BCUT2D eigenvalue weighted by atomic mass is 9.98. The van der Waals surface area contributed by atoms with Crippen molar-refractivity contribution in [2.75, 3.05) is 44.8 Å². The van der Waals surface area contributed by atoms with E-state index in [0.717, 1.165) is 60.7 Å². The van der Waals surface area contributed by atoms with Crippen LogP contribution in [0.4, 0.5) is 5.69 Å². The van der Waals surface area contributed by atoms with Gasteiger partial charge in [-0.15, -0.1) is 5.10 Å². The molecule has 39 heavy (non-hydrogen) atoms. The number of aromatic nitrogens is 5. The van der Waals surface area contributed by atoms with Gasteiger partial charge >= 0.3 is 0 Å². The number of hydrogen-bond acceptors (Lipinski definition) is 8. The van der Waals surface area contributed by atoms with Gasteiger partial charge in [0.25, 0.3) is 5.56 Å². The zero-order valence-electron chi connectivity index (χ0n) is 23.3. The minimum absolute atomic E-state index is 0.146. The summed E-state index contributed by atoms with van der Waals surface area (Å²) in [6.07, 6.45) is 0.838. The van der Waals surface area contributed by atoms with Crippen molar-refractivity contribution in [1.29, 1.82) is 0 Å². The lowest BCUT2D eigenvalue weighted by Crippen LogP contribution is -2.49. The number of pyridine rings is 1. The highest BCUT2D eigenvalue weighted by molar-refractivity contribution is 5.80. The van der Waals surface area contributed by atoms with E-state index in [4.69, 9.17) is 9.47 Å². The predicted octanol–water partition coefficient (Wildman–Crippen LogP) is 3.98. The van der Waals surface area contributed by atoms with Crippen LogP contribution in [0, 0.1) is 0 Å². The molecule has 0 spiro atoms. The van der Waals surface area contributed by atoms with E-state index in [1.807, 2.05) is 54.1 Å². The topological polar surface area (TPSA) is 101 Å². The van der Waals surface area contributed by atoms with Crippen molar-refractivity contribution in [3.8, 4) is 11.5 Å². The molecule has 0 amide bonds. The van der Waals surface area contributed by atoms with Gasteiger partial charge in [0, 0.05) is 42.6 Å². The highest BCUT2D eigenvalue weighted by Crippen LogP contribution is 2.34. The summed E-state index contributed by atoms with van der Waals surface area (Å²) in [6, 6.07) is 15.3. The monoisotopic (exact) mass is 531 g/mol. The molecule has 0 radical (unpaired) electrons. The third-order valence-corrected chi connectivity index (χ3v) is 7.73. The maximum Gasteiger partial charge on any atom is 0.253 e. The summed E-state index contributed by atoms with van der Waals surface area (Å²) in [7, 11) is 1.70. The number of aromatic amines is 1. The van der Waals surface area contributed by atoms with Crippen molar-refractivity contribution < 1.29 is 9.47 Å². The van der Waals surface area contributed by atoms with Crippen LogP contribution in [0.15, 0.2) is 53.3 Å². The molecule has 1 atom stereocenters. The molecule has 0 bridgehead atoms. The Morgan fingerprint density at radius 2 is 1.82 bits per heavy atom. The fourth-order valence-electron chi connectivity index (χ4n) is 5.22. The summed E-state index contributed by atoms with van der Waals surface area (Å²) in [4.78, 5) is 21.3. The molecule has 2 aromatic heterocycles. The third-order valence-electron chi connectivity index (χ3n) is 7.73. The zero-order chi connectivity index (χ0) is 27.6. The number of nitrogens with one attached hydrogen (secondary N) is 1. The van der Waals surface area contributed by atoms with E-state index in [0.29, 0.717) is 18.0 Å². The summed E-state index contributed by atoms with van der Waals surface area (Å²) in [5.74, 6) is 2.28. The molecule has 5 rings (SSSR count). The van der Waals surface area contributed by atoms with Gasteiger partial charge in [0.15, 0.2) is 5.82 Å². The Morgan fingerprint density at radius 1 is 1.05 bits per heavy atom. The first-order valence-electron chi connectivity index (χ1n) is 13.6. The van der Waals surface area contributed by atoms with E-state index in [9.17, 15) is 4.79 Å². The minimum atomic E-state index is -0.422. The van der Waals surface area contributed by atoms with Crippen LogP contribution < -0.4 is 19.9 Å². The normalized spacial score (nSPS) is 15.5. The van der Waals surface area contributed by atoms with Gasteiger partial charge in [-0.25, -0.2) is 4.68 Å². The Kier molecular flexibility index (Phi) is 7.56. The first-order valence-corrected chi connectivity index (χ1v) is 13.6. The second kappa shape index (κ2) is 11.1. The number of piperazine rings is 1. The molecule has 1 fully saturated rings. The Balaban J connectivity index is 1.57. The molecule has 2 aromatic carbocycles. The molecule has 1 N–H and O–H groups in total. The van der Waals surface area contributed by atoms with Crippen LogP contribution in [-0.2, 0) is 5.54 Å². The number of benzene rings is 2. The van der Waals surface area contributed by atoms with Gasteiger partial charge in [-0.2, -0.15) is 0 Å². The molecule has 1 saturated heterocycles. The number of fused-ring (bicyclic) bond motifs is 1. The Labute approximate surface area is 228 Å². The van der Waals surface area contributed by atoms with Crippen LogP contribution in [-0.4, -0.2) is 70.0 Å². The van der Waals surface area contributed by atoms with Crippen molar-refractivity contribution in [3.05, 3.63) is 70.3 Å². The molecule has 0 aliphatic carbocycles. The number of nitrogens with zero attached hydrogens (tertiary/aromatic N) is 6. The van der Waals surface area contributed by atoms with Crippen LogP contribution >= 0.6 is 0 Å². The minimum Gasteiger partial charge on any atom is -0.495 e. The average molecular weight is 532 g/mol. The maximum atomic E-state index is 13.6. The van der Waals surface area contributed by atoms with Gasteiger partial charge < -0.3 is 19.4 Å². The molecule has 4 aromatic rings. The first-order chi connectivity index (χ1) is 18.9. The maximum absolute atomic E-state index is 13.6. The van der Waals surface area contributed by atoms with Gasteiger partial charge in [0.2, 0.25) is 0 Å². The van der Waals surface area contributed by atoms with Gasteiger partial charge in [-0.3, -0.25) is 9.69 Å². The fraction of sp³-hybridized carbons (Fsp3) is 0.448. The molecule has 10 heteroatoms. The Bertz CT molecular complexity index is 1490. The number of methoxy groups -OCH3 is 1. The van der Waals surface area contributed by atoms with Crippen molar-refractivity contribution in [2.45, 2.75) is 45.7 Å². The van der Waals surface area contributed by atoms with Crippen LogP contribution in [0.3, 0.4) is 0 Å². The van der Waals surface area contributed by atoms with E-state index in [2.05, 4.69) is 57.1 Å². The van der Waals surface area contributed by atoms with E-state index in [1.165, 1.54) is 0 Å². The van der Waals surface area contributed by atoms with Crippen LogP contribution in [0.5, 0.6) is 11.5 Å². The summed E-state index contributed by atoms with van der Waals surface area (Å²) >= 11 is 0. The smallest absolute Gasteiger partial charge is 0.253 e. The van der Waals surface area contributed by atoms with Crippen LogP contribution in [0.2, 0.25) is 0 Å². The van der Waals surface area contributed by atoms with Gasteiger partial charge in [-0.1, -0.05) is 19.1 Å². The van der Waals surface area contributed by atoms with Crippen molar-refractivity contribution in [1.82, 2.24) is 30.1 Å². The fourth-order valence-corrected chi connectivity index (χ4v) is 5.22. The second-order valence-electron chi connectivity index (χ2n) is 10.4. The van der Waals surface area contributed by atoms with E-state index >= 15 is 0 Å². The number of ether oxygens (including phenoxy) is 2. The third kappa shape index (κ3) is 5.21. The summed E-state index contributed by atoms with van der Waals surface area (Å²) < 4.78 is 13.2. The van der Waals surface area contributed by atoms with Gasteiger partial charge in [-0.05, 0) is 74.0 Å². The molecule has 3 heterocycles. The second-order valence-corrected chi connectivity index (χ2v) is 10.4. The standard InChI is InChI=1S/C29H37N7O3/c1-6-29(3,4)36-27(31-32-33-36)26(22-19-20-18-21(39-7-2)12-13-23(20)30-28(22)37)35-16-14-34(15-17-35)24-10-8-9-11-25(24)38-5/h8-13,18-19,26H,6-7,14-17H2,1-5H3,(H,30,37)/t26-/m0/s1. The predicted molar refractivity (Wildman–Crippen MR) is 152 cm³/mol. The number of anilines is 1. The van der Waals surface area contributed by atoms with Gasteiger partial charge in [0.05, 0.1) is 24.9 Å². The molecule has 1 aliphatic rings. The number of rotatable bonds is 9.